The van der Waals surface area contributed by atoms with E-state index >= 15 is 0 Å². The van der Waals surface area contributed by atoms with E-state index in [-0.39, 0.29) is 17.7 Å². The predicted molar refractivity (Wildman–Crippen MR) is 102 cm³/mol. The van der Waals surface area contributed by atoms with Gasteiger partial charge in [0.05, 0.1) is 0 Å². The third-order valence-electron chi connectivity index (χ3n) is 4.89. The number of pyridine rings is 1. The molecule has 0 N–H and O–H groups in total. The molecule has 1 unspecified atom stereocenters. The highest BCUT2D eigenvalue weighted by Crippen LogP contribution is 2.22. The molecule has 1 aliphatic rings. The summed E-state index contributed by atoms with van der Waals surface area (Å²) in [7, 11) is 1.81. The predicted octanol–water partition coefficient (Wildman–Crippen LogP) is 3.00. The van der Waals surface area contributed by atoms with Crippen molar-refractivity contribution in [1.82, 2.24) is 14.8 Å². The maximum Gasteiger partial charge on any atom is 0.253 e. The Kier molecular flexibility index (Phi) is 5.35. The van der Waals surface area contributed by atoms with E-state index in [1.54, 1.807) is 11.1 Å². The summed E-state index contributed by atoms with van der Waals surface area (Å²) >= 11 is 0. The normalized spacial score (nSPS) is 16.8. The van der Waals surface area contributed by atoms with E-state index in [2.05, 4.69) is 4.98 Å². The second-order valence-corrected chi connectivity index (χ2v) is 6.95. The zero-order chi connectivity index (χ0) is 18.7. The van der Waals surface area contributed by atoms with Gasteiger partial charge in [-0.1, -0.05) is 12.1 Å². The number of aromatic nitrogens is 1. The topological polar surface area (TPSA) is 53.5 Å². The van der Waals surface area contributed by atoms with E-state index in [0.717, 1.165) is 29.9 Å². The molecule has 136 valence electrons. The number of carbonyl (C=O) groups is 2. The molecule has 1 aliphatic heterocycles. The molecule has 0 saturated carbocycles. The second kappa shape index (κ2) is 7.68. The van der Waals surface area contributed by atoms with Gasteiger partial charge in [-0.3, -0.25) is 14.6 Å². The Labute approximate surface area is 154 Å². The summed E-state index contributed by atoms with van der Waals surface area (Å²) in [4.78, 5) is 32.5. The summed E-state index contributed by atoms with van der Waals surface area (Å²) in [5.74, 6) is 0.385. The number of hydrogen-bond donors (Lipinski definition) is 0. The van der Waals surface area contributed by atoms with Crippen molar-refractivity contribution in [2.75, 3.05) is 26.7 Å². The van der Waals surface area contributed by atoms with Crippen molar-refractivity contribution in [3.63, 3.8) is 0 Å². The van der Waals surface area contributed by atoms with Crippen molar-refractivity contribution < 1.29 is 9.59 Å². The van der Waals surface area contributed by atoms with E-state index in [9.17, 15) is 9.59 Å². The Morgan fingerprint density at radius 1 is 1.27 bits per heavy atom. The van der Waals surface area contributed by atoms with Gasteiger partial charge in [-0.05, 0) is 49.2 Å². The number of likely N-dealkylation sites (tertiary alicyclic amines) is 1. The van der Waals surface area contributed by atoms with Gasteiger partial charge in [-0.15, -0.1) is 0 Å². The molecule has 2 aromatic rings. The van der Waals surface area contributed by atoms with Crippen LogP contribution < -0.4 is 0 Å². The zero-order valence-corrected chi connectivity index (χ0v) is 15.6. The van der Waals surface area contributed by atoms with Crippen LogP contribution in [0.5, 0.6) is 0 Å². The lowest BCUT2D eigenvalue weighted by molar-refractivity contribution is -0.127. The first kappa shape index (κ1) is 18.1. The first-order chi connectivity index (χ1) is 12.5. The first-order valence-corrected chi connectivity index (χ1v) is 9.04. The standard InChI is InChI=1S/C21H25N3O2/c1-4-24-14-16(11-20(24)25)13-23(3)21(26)19-7-5-6-17(12-19)18-8-9-22-15(2)10-18/h5-10,12,16H,4,11,13-14H2,1-3H3. The number of rotatable bonds is 5. The third-order valence-corrected chi connectivity index (χ3v) is 4.89. The van der Waals surface area contributed by atoms with Crippen LogP contribution in [-0.4, -0.2) is 53.3 Å². The van der Waals surface area contributed by atoms with Crippen LogP contribution in [0.15, 0.2) is 42.6 Å². The van der Waals surface area contributed by atoms with Crippen LogP contribution in [0, 0.1) is 12.8 Å². The molecule has 5 heteroatoms. The van der Waals surface area contributed by atoms with Crippen LogP contribution in [0.3, 0.4) is 0 Å². The molecule has 1 fully saturated rings. The van der Waals surface area contributed by atoms with Crippen LogP contribution >= 0.6 is 0 Å². The number of hydrogen-bond acceptors (Lipinski definition) is 3. The SMILES string of the molecule is CCN1CC(CN(C)C(=O)c2cccc(-c3ccnc(C)c3)c2)CC1=O. The number of nitrogens with zero attached hydrogens (tertiary/aromatic N) is 3. The Morgan fingerprint density at radius 2 is 2.04 bits per heavy atom. The molecular formula is C21H25N3O2. The Balaban J connectivity index is 1.71. The molecular weight excluding hydrogens is 326 g/mol. The van der Waals surface area contributed by atoms with Gasteiger partial charge in [0, 0.05) is 56.5 Å². The Hall–Kier alpha value is -2.69. The van der Waals surface area contributed by atoms with E-state index in [1.807, 2.05) is 62.2 Å². The zero-order valence-electron chi connectivity index (χ0n) is 15.6. The molecule has 0 bridgehead atoms. The highest BCUT2D eigenvalue weighted by molar-refractivity contribution is 5.95. The van der Waals surface area contributed by atoms with Gasteiger partial charge in [0.2, 0.25) is 5.91 Å². The Bertz CT molecular complexity index is 818. The molecule has 2 amide bonds. The van der Waals surface area contributed by atoms with E-state index in [0.29, 0.717) is 18.5 Å². The number of carbonyl (C=O) groups excluding carboxylic acids is 2. The van der Waals surface area contributed by atoms with E-state index < -0.39 is 0 Å². The van der Waals surface area contributed by atoms with Crippen molar-refractivity contribution >= 4 is 11.8 Å². The van der Waals surface area contributed by atoms with Gasteiger partial charge in [0.1, 0.15) is 0 Å². The molecule has 0 radical (unpaired) electrons. The lowest BCUT2D eigenvalue weighted by Gasteiger charge is -2.21. The van der Waals surface area contributed by atoms with Crippen LogP contribution in [0.4, 0.5) is 0 Å². The van der Waals surface area contributed by atoms with Crippen molar-refractivity contribution in [1.29, 1.82) is 0 Å². The maximum atomic E-state index is 12.8. The number of benzene rings is 1. The summed E-state index contributed by atoms with van der Waals surface area (Å²) in [6.07, 6.45) is 2.31. The van der Waals surface area contributed by atoms with E-state index in [1.165, 1.54) is 0 Å². The monoisotopic (exact) mass is 351 g/mol. The second-order valence-electron chi connectivity index (χ2n) is 6.95. The molecule has 26 heavy (non-hydrogen) atoms. The summed E-state index contributed by atoms with van der Waals surface area (Å²) in [5, 5.41) is 0. The fraction of sp³-hybridized carbons (Fsp3) is 0.381. The first-order valence-electron chi connectivity index (χ1n) is 9.04. The van der Waals surface area contributed by atoms with Gasteiger partial charge in [-0.2, -0.15) is 0 Å². The van der Waals surface area contributed by atoms with Gasteiger partial charge in [0.25, 0.3) is 5.91 Å². The number of aryl methyl sites for hydroxylation is 1. The maximum absolute atomic E-state index is 12.8. The average molecular weight is 351 g/mol. The minimum absolute atomic E-state index is 0.0139. The van der Waals surface area contributed by atoms with E-state index in [4.69, 9.17) is 0 Å². The molecule has 1 atom stereocenters. The fourth-order valence-corrected chi connectivity index (χ4v) is 3.53. The summed E-state index contributed by atoms with van der Waals surface area (Å²) in [6, 6.07) is 11.6. The fourth-order valence-electron chi connectivity index (χ4n) is 3.53. The highest BCUT2D eigenvalue weighted by atomic mass is 16.2. The lowest BCUT2D eigenvalue weighted by atomic mass is 10.0. The third kappa shape index (κ3) is 3.93. The van der Waals surface area contributed by atoms with Crippen molar-refractivity contribution in [2.45, 2.75) is 20.3 Å². The molecule has 2 heterocycles. The molecule has 3 rings (SSSR count). The van der Waals surface area contributed by atoms with Crippen molar-refractivity contribution in [3.8, 4) is 11.1 Å². The highest BCUT2D eigenvalue weighted by Gasteiger charge is 2.30. The molecule has 0 aliphatic carbocycles. The van der Waals surface area contributed by atoms with Gasteiger partial charge >= 0.3 is 0 Å². The minimum atomic E-state index is -0.0139. The lowest BCUT2D eigenvalue weighted by Crippen LogP contribution is -2.33. The van der Waals surface area contributed by atoms with Crippen LogP contribution in [0.2, 0.25) is 0 Å². The van der Waals surface area contributed by atoms with Crippen molar-refractivity contribution in [2.24, 2.45) is 5.92 Å². The van der Waals surface area contributed by atoms with Crippen LogP contribution in [0.25, 0.3) is 11.1 Å². The summed E-state index contributed by atoms with van der Waals surface area (Å²) in [6.45, 7) is 6.01. The molecule has 5 nitrogen and oxygen atoms in total. The minimum Gasteiger partial charge on any atom is -0.343 e. The molecule has 1 saturated heterocycles. The number of amides is 2. The average Bonchev–Trinajstić information content (AvgIpc) is 3.00. The van der Waals surface area contributed by atoms with Crippen LogP contribution in [-0.2, 0) is 4.79 Å². The van der Waals surface area contributed by atoms with Crippen molar-refractivity contribution in [3.05, 3.63) is 53.9 Å². The van der Waals surface area contributed by atoms with Gasteiger partial charge in [0.15, 0.2) is 0 Å². The van der Waals surface area contributed by atoms with Crippen LogP contribution in [0.1, 0.15) is 29.4 Å². The molecule has 1 aromatic heterocycles. The Morgan fingerprint density at radius 3 is 2.73 bits per heavy atom. The van der Waals surface area contributed by atoms with Gasteiger partial charge in [-0.25, -0.2) is 0 Å². The molecule has 0 spiro atoms. The van der Waals surface area contributed by atoms with Gasteiger partial charge < -0.3 is 9.80 Å². The summed E-state index contributed by atoms with van der Waals surface area (Å²) < 4.78 is 0. The largest absolute Gasteiger partial charge is 0.343 e. The molecule has 1 aromatic carbocycles. The summed E-state index contributed by atoms with van der Waals surface area (Å²) in [5.41, 5.74) is 3.66. The smallest absolute Gasteiger partial charge is 0.253 e. The quantitative estimate of drug-likeness (QED) is 0.832.